The summed E-state index contributed by atoms with van der Waals surface area (Å²) in [5, 5.41) is 20.6. The van der Waals surface area contributed by atoms with Gasteiger partial charge in [-0.15, -0.1) is 0 Å². The Hall–Kier alpha value is 0.170. The first-order chi connectivity index (χ1) is 24.1. The van der Waals surface area contributed by atoms with Crippen LogP contribution < -0.4 is 12.4 Å². The molecule has 0 aromatic carbocycles. The molecular formula is C46H96ClNO2. The highest BCUT2D eigenvalue weighted by molar-refractivity contribution is 4.53. The zero-order valence-electron chi connectivity index (χ0n) is 34.8. The van der Waals surface area contributed by atoms with Gasteiger partial charge >= 0.3 is 0 Å². The van der Waals surface area contributed by atoms with Gasteiger partial charge in [0, 0.05) is 12.8 Å². The molecule has 0 radical (unpaired) electrons. The van der Waals surface area contributed by atoms with Crippen molar-refractivity contribution in [2.75, 3.05) is 13.1 Å². The third-order valence-electron chi connectivity index (χ3n) is 11.2. The topological polar surface area (TPSA) is 40.5 Å². The number of nitrogens with zero attached hydrogens (tertiary/aromatic N) is 1. The molecule has 50 heavy (non-hydrogen) atoms. The van der Waals surface area contributed by atoms with Crippen LogP contribution >= 0.6 is 0 Å². The molecule has 0 aromatic rings. The van der Waals surface area contributed by atoms with E-state index in [9.17, 15) is 10.4 Å². The van der Waals surface area contributed by atoms with Crippen molar-refractivity contribution >= 4 is 0 Å². The fraction of sp³-hybridized carbons (Fsp3) is 1.00. The molecule has 0 unspecified atom stereocenters. The lowest BCUT2D eigenvalue weighted by atomic mass is 10.0. The monoisotopic (exact) mass is 730 g/mol. The predicted molar refractivity (Wildman–Crippen MR) is 219 cm³/mol. The second-order valence-corrected chi connectivity index (χ2v) is 16.5. The minimum absolute atomic E-state index is 0. The van der Waals surface area contributed by atoms with Crippen molar-refractivity contribution in [2.45, 2.75) is 284 Å². The van der Waals surface area contributed by atoms with Crippen molar-refractivity contribution in [2.24, 2.45) is 0 Å². The molecule has 0 aliphatic heterocycles. The standard InChI is InChI=1S/C46H96NO2.ClH/c1-3-5-7-9-11-13-15-17-19-21-23-25-26-28-30-32-34-36-38-40-42-44-46-47(48,49)45-43-41-39-37-35-33-31-29-27-24-22-20-18-16-14-12-10-8-6-4-2;/h48-49H,3-46H2,1-2H3;1H/q+1;/p-1. The van der Waals surface area contributed by atoms with Crippen molar-refractivity contribution in [3.63, 3.8) is 0 Å². The van der Waals surface area contributed by atoms with E-state index in [0.717, 1.165) is 25.7 Å². The highest BCUT2D eigenvalue weighted by Crippen LogP contribution is 2.17. The summed E-state index contributed by atoms with van der Waals surface area (Å²) in [5.41, 5.74) is 0. The van der Waals surface area contributed by atoms with Crippen LogP contribution in [0, 0.1) is 0 Å². The Labute approximate surface area is 323 Å². The minimum atomic E-state index is -0.752. The van der Waals surface area contributed by atoms with Crippen molar-refractivity contribution in [1.29, 1.82) is 0 Å². The first kappa shape index (κ1) is 52.3. The highest BCUT2D eigenvalue weighted by atomic mass is 35.5. The Bertz CT molecular complexity index is 586. The number of hydrogen-bond acceptors (Lipinski definition) is 2. The molecule has 0 amide bonds. The number of quaternary nitrogens is 1. The molecule has 0 fully saturated rings. The summed E-state index contributed by atoms with van der Waals surface area (Å²) < 4.78 is 0. The average molecular weight is 731 g/mol. The highest BCUT2D eigenvalue weighted by Gasteiger charge is 2.21. The van der Waals surface area contributed by atoms with Crippen LogP contribution in [0.5, 0.6) is 0 Å². The number of hydroxylamine groups is 4. The van der Waals surface area contributed by atoms with Crippen LogP contribution in [0.2, 0.25) is 0 Å². The fourth-order valence-electron chi connectivity index (χ4n) is 7.71. The van der Waals surface area contributed by atoms with Gasteiger partial charge in [-0.05, 0) is 17.7 Å². The average Bonchev–Trinajstić information content (AvgIpc) is 3.09. The number of rotatable bonds is 44. The SMILES string of the molecule is CCCCCCCCCCCCCCCCCCCCCCCC[N+](O)(O)CCCCCCCCCCCCCCCCCCCCCC.[Cl-]. The van der Waals surface area contributed by atoms with Crippen LogP contribution in [-0.4, -0.2) is 28.3 Å². The van der Waals surface area contributed by atoms with Crippen molar-refractivity contribution in [3.05, 3.63) is 0 Å². The summed E-state index contributed by atoms with van der Waals surface area (Å²) >= 11 is 0. The summed E-state index contributed by atoms with van der Waals surface area (Å²) in [6, 6.07) is 0. The lowest BCUT2D eigenvalue weighted by Gasteiger charge is -2.21. The van der Waals surface area contributed by atoms with Crippen LogP contribution in [0.4, 0.5) is 0 Å². The van der Waals surface area contributed by atoms with Gasteiger partial charge in [-0.1, -0.05) is 258 Å². The summed E-state index contributed by atoms with van der Waals surface area (Å²) in [7, 11) is 0. The van der Waals surface area contributed by atoms with Gasteiger partial charge in [-0.2, -0.15) is 10.4 Å². The summed E-state index contributed by atoms with van der Waals surface area (Å²) in [5.74, 6) is 0. The molecule has 3 nitrogen and oxygen atoms in total. The first-order valence-corrected chi connectivity index (χ1v) is 23.4. The Morgan fingerprint density at radius 1 is 0.220 bits per heavy atom. The van der Waals surface area contributed by atoms with Crippen molar-refractivity contribution < 1.29 is 27.6 Å². The van der Waals surface area contributed by atoms with E-state index in [1.165, 1.54) is 244 Å². The largest absolute Gasteiger partial charge is 1.00 e. The maximum atomic E-state index is 10.3. The van der Waals surface area contributed by atoms with Gasteiger partial charge in [-0.3, -0.25) is 0 Å². The van der Waals surface area contributed by atoms with Crippen LogP contribution in [0.15, 0.2) is 0 Å². The molecule has 0 spiro atoms. The minimum Gasteiger partial charge on any atom is -1.00 e. The van der Waals surface area contributed by atoms with E-state index >= 15 is 0 Å². The van der Waals surface area contributed by atoms with E-state index < -0.39 is 4.81 Å². The van der Waals surface area contributed by atoms with Gasteiger partial charge in [0.1, 0.15) is 13.1 Å². The van der Waals surface area contributed by atoms with Gasteiger partial charge in [0.25, 0.3) is 0 Å². The second-order valence-electron chi connectivity index (χ2n) is 16.5. The summed E-state index contributed by atoms with van der Waals surface area (Å²) in [6.45, 7) is 5.59. The third kappa shape index (κ3) is 46.2. The van der Waals surface area contributed by atoms with Crippen LogP contribution in [0.25, 0.3) is 0 Å². The molecule has 0 aromatic heterocycles. The molecule has 304 valence electrons. The molecule has 0 heterocycles. The van der Waals surface area contributed by atoms with Crippen molar-refractivity contribution in [1.82, 2.24) is 0 Å². The quantitative estimate of drug-likeness (QED) is 0.0372. The molecule has 0 aliphatic rings. The number of unbranched alkanes of at least 4 members (excludes halogenated alkanes) is 40. The summed E-state index contributed by atoms with van der Waals surface area (Å²) in [6.07, 6.45) is 58.0. The van der Waals surface area contributed by atoms with Gasteiger partial charge < -0.3 is 12.4 Å². The molecule has 0 atom stereocenters. The molecule has 0 aliphatic carbocycles. The predicted octanol–water partition coefficient (Wildman–Crippen LogP) is 14.0. The van der Waals surface area contributed by atoms with E-state index in [2.05, 4.69) is 13.8 Å². The molecule has 2 N–H and O–H groups in total. The molecule has 0 saturated carbocycles. The van der Waals surface area contributed by atoms with E-state index in [-0.39, 0.29) is 12.4 Å². The van der Waals surface area contributed by atoms with E-state index in [4.69, 9.17) is 0 Å². The van der Waals surface area contributed by atoms with Gasteiger partial charge in [-0.25, -0.2) is 0 Å². The van der Waals surface area contributed by atoms with E-state index in [0.29, 0.717) is 13.1 Å². The Morgan fingerprint density at radius 2 is 0.340 bits per heavy atom. The Kier molecular flexibility index (Phi) is 47.4. The van der Waals surface area contributed by atoms with E-state index in [1.54, 1.807) is 0 Å². The zero-order chi connectivity index (χ0) is 35.6. The van der Waals surface area contributed by atoms with Crippen molar-refractivity contribution in [3.8, 4) is 0 Å². The van der Waals surface area contributed by atoms with Gasteiger partial charge in [0.05, 0.1) is 0 Å². The van der Waals surface area contributed by atoms with Gasteiger partial charge in [0.15, 0.2) is 0 Å². The maximum Gasteiger partial charge on any atom is 0.142 e. The van der Waals surface area contributed by atoms with Crippen LogP contribution in [0.3, 0.4) is 0 Å². The first-order valence-electron chi connectivity index (χ1n) is 23.4. The van der Waals surface area contributed by atoms with Crippen LogP contribution in [-0.2, 0) is 0 Å². The van der Waals surface area contributed by atoms with E-state index in [1.807, 2.05) is 0 Å². The molecular weight excluding hydrogens is 634 g/mol. The zero-order valence-corrected chi connectivity index (χ0v) is 35.6. The normalized spacial score (nSPS) is 11.8. The third-order valence-corrected chi connectivity index (χ3v) is 11.2. The second kappa shape index (κ2) is 45.3. The number of halogens is 1. The Morgan fingerprint density at radius 3 is 0.480 bits per heavy atom. The lowest BCUT2D eigenvalue weighted by molar-refractivity contribution is -1.24. The molecule has 4 heteroatoms. The molecule has 0 bridgehead atoms. The summed E-state index contributed by atoms with van der Waals surface area (Å²) in [4.78, 5) is -0.752. The fourth-order valence-corrected chi connectivity index (χ4v) is 7.71. The lowest BCUT2D eigenvalue weighted by Crippen LogP contribution is -3.00. The molecule has 0 saturated heterocycles. The Balaban J connectivity index is 0. The smallest absolute Gasteiger partial charge is 0.142 e. The maximum absolute atomic E-state index is 10.3. The van der Waals surface area contributed by atoms with Gasteiger partial charge in [0.2, 0.25) is 0 Å². The molecule has 0 rings (SSSR count). The van der Waals surface area contributed by atoms with Crippen LogP contribution in [0.1, 0.15) is 284 Å². The number of hydrogen-bond donors (Lipinski definition) is 2.